The highest BCUT2D eigenvalue weighted by Crippen LogP contribution is 2.35. The van der Waals surface area contributed by atoms with E-state index in [1.165, 1.54) is 32.3 Å². The smallest absolute Gasteiger partial charge is 0.276 e. The summed E-state index contributed by atoms with van der Waals surface area (Å²) >= 11 is 0. The van der Waals surface area contributed by atoms with Crippen molar-refractivity contribution in [1.82, 2.24) is 19.5 Å². The van der Waals surface area contributed by atoms with E-state index in [1.807, 2.05) is 24.3 Å². The highest BCUT2D eigenvalue weighted by Gasteiger charge is 2.24. The van der Waals surface area contributed by atoms with Crippen LogP contribution in [0.1, 0.15) is 42.2 Å². The van der Waals surface area contributed by atoms with Crippen molar-refractivity contribution in [3.63, 3.8) is 0 Å². The third-order valence-corrected chi connectivity index (χ3v) is 4.59. The average Bonchev–Trinajstić information content (AvgIpc) is 3.28. The lowest BCUT2D eigenvalue weighted by molar-refractivity contribution is 0.102. The first-order chi connectivity index (χ1) is 12.3. The molecule has 1 aliphatic rings. The summed E-state index contributed by atoms with van der Waals surface area (Å²) in [5, 5.41) is 2.91. The van der Waals surface area contributed by atoms with E-state index < -0.39 is 0 Å². The predicted octanol–water partition coefficient (Wildman–Crippen LogP) is 3.20. The van der Waals surface area contributed by atoms with Crippen LogP contribution in [0.3, 0.4) is 0 Å². The summed E-state index contributed by atoms with van der Waals surface area (Å²) in [7, 11) is 1.50. The van der Waals surface area contributed by atoms with E-state index in [2.05, 4.69) is 24.8 Å². The quantitative estimate of drug-likeness (QED) is 0.790. The fraction of sp³-hybridized carbons (Fsp3) is 0.333. The summed E-state index contributed by atoms with van der Waals surface area (Å²) in [6.45, 7) is 0. The fourth-order valence-electron chi connectivity index (χ4n) is 3.41. The van der Waals surface area contributed by atoms with Crippen LogP contribution >= 0.6 is 0 Å². The Morgan fingerprint density at radius 3 is 2.84 bits per heavy atom. The van der Waals surface area contributed by atoms with Crippen LogP contribution in [-0.4, -0.2) is 32.5 Å². The largest absolute Gasteiger partial charge is 0.481 e. The molecule has 1 fully saturated rings. The second kappa shape index (κ2) is 6.51. The van der Waals surface area contributed by atoms with Gasteiger partial charge in [0.05, 0.1) is 18.1 Å². The molecule has 4 rings (SSSR count). The molecule has 1 saturated carbocycles. The molecule has 2 aromatic heterocycles. The van der Waals surface area contributed by atoms with Gasteiger partial charge in [0.25, 0.3) is 5.91 Å². The molecule has 1 amide bonds. The summed E-state index contributed by atoms with van der Waals surface area (Å²) in [4.78, 5) is 25.2. The van der Waals surface area contributed by atoms with Crippen LogP contribution in [0.25, 0.3) is 11.0 Å². The third kappa shape index (κ3) is 2.93. The molecular weight excluding hydrogens is 318 g/mol. The molecule has 7 heteroatoms. The summed E-state index contributed by atoms with van der Waals surface area (Å²) in [6, 6.07) is 9.83. The van der Waals surface area contributed by atoms with E-state index in [0.717, 1.165) is 23.9 Å². The van der Waals surface area contributed by atoms with E-state index in [0.29, 0.717) is 17.9 Å². The van der Waals surface area contributed by atoms with Crippen molar-refractivity contribution in [3.8, 4) is 5.88 Å². The van der Waals surface area contributed by atoms with Crippen molar-refractivity contribution < 1.29 is 9.53 Å². The molecular formula is C18H19N5O2. The zero-order valence-corrected chi connectivity index (χ0v) is 14.0. The molecule has 3 aromatic rings. The van der Waals surface area contributed by atoms with E-state index in [4.69, 9.17) is 4.74 Å². The van der Waals surface area contributed by atoms with Gasteiger partial charge in [0.2, 0.25) is 11.8 Å². The number of nitrogens with zero attached hydrogens (tertiary/aromatic N) is 4. The van der Waals surface area contributed by atoms with Gasteiger partial charge >= 0.3 is 0 Å². The molecule has 0 saturated heterocycles. The second-order valence-electron chi connectivity index (χ2n) is 6.13. The zero-order chi connectivity index (χ0) is 17.2. The number of imidazole rings is 1. The second-order valence-corrected chi connectivity index (χ2v) is 6.13. The first kappa shape index (κ1) is 15.6. The van der Waals surface area contributed by atoms with Gasteiger partial charge in [-0.1, -0.05) is 25.0 Å². The number of methoxy groups -OCH3 is 1. The summed E-state index contributed by atoms with van der Waals surface area (Å²) in [6.07, 6.45) is 5.92. The van der Waals surface area contributed by atoms with Crippen molar-refractivity contribution in [2.45, 2.75) is 31.7 Å². The number of hydrogen-bond donors (Lipinski definition) is 1. The minimum absolute atomic E-state index is 0.247. The Morgan fingerprint density at radius 2 is 2.04 bits per heavy atom. The molecule has 0 bridgehead atoms. The van der Waals surface area contributed by atoms with Gasteiger partial charge < -0.3 is 9.30 Å². The lowest BCUT2D eigenvalue weighted by Gasteiger charge is -2.16. The maximum atomic E-state index is 12.6. The van der Waals surface area contributed by atoms with E-state index in [1.54, 1.807) is 0 Å². The number of hydrogen-bond acceptors (Lipinski definition) is 5. The molecule has 0 radical (unpaired) electrons. The first-order valence-electron chi connectivity index (χ1n) is 8.40. The number of aromatic nitrogens is 4. The maximum Gasteiger partial charge on any atom is 0.276 e. The molecule has 1 aromatic carbocycles. The molecule has 1 N–H and O–H groups in total. The number of rotatable bonds is 4. The highest BCUT2D eigenvalue weighted by molar-refractivity contribution is 6.02. The minimum atomic E-state index is -0.324. The van der Waals surface area contributed by atoms with E-state index in [9.17, 15) is 4.79 Å². The lowest BCUT2D eigenvalue weighted by atomic mass is 10.2. The van der Waals surface area contributed by atoms with Crippen molar-refractivity contribution in [2.75, 3.05) is 12.4 Å². The number of benzene rings is 1. The Hall–Kier alpha value is -2.96. The van der Waals surface area contributed by atoms with Gasteiger partial charge in [-0.3, -0.25) is 10.1 Å². The molecule has 7 nitrogen and oxygen atoms in total. The molecule has 25 heavy (non-hydrogen) atoms. The molecule has 0 aliphatic heterocycles. The molecule has 0 unspecified atom stereocenters. The zero-order valence-electron chi connectivity index (χ0n) is 14.0. The normalized spacial score (nSPS) is 14.8. The van der Waals surface area contributed by atoms with Crippen molar-refractivity contribution in [1.29, 1.82) is 0 Å². The van der Waals surface area contributed by atoms with Crippen LogP contribution in [0.15, 0.2) is 36.7 Å². The Balaban J connectivity index is 1.70. The minimum Gasteiger partial charge on any atom is -0.481 e. The van der Waals surface area contributed by atoms with Crippen LogP contribution in [0.5, 0.6) is 5.88 Å². The Kier molecular flexibility index (Phi) is 4.05. The van der Waals surface area contributed by atoms with Gasteiger partial charge in [-0.15, -0.1) is 0 Å². The maximum absolute atomic E-state index is 12.6. The van der Waals surface area contributed by atoms with Gasteiger partial charge in [0.1, 0.15) is 12.0 Å². The third-order valence-electron chi connectivity index (χ3n) is 4.59. The van der Waals surface area contributed by atoms with Crippen LogP contribution in [-0.2, 0) is 0 Å². The summed E-state index contributed by atoms with van der Waals surface area (Å²) in [5.41, 5.74) is 2.17. The number of fused-ring (bicyclic) bond motifs is 1. The predicted molar refractivity (Wildman–Crippen MR) is 93.8 cm³/mol. The number of carbonyl (C=O) groups is 1. The Labute approximate surface area is 145 Å². The standard InChI is InChI=1S/C18H19N5O2/c1-25-16-10-14(19-11-20-16)17(24)22-18-21-13-8-4-5-9-15(13)23(18)12-6-2-3-7-12/h4-5,8-12H,2-3,6-7H2,1H3,(H,21,22,24). The Morgan fingerprint density at radius 1 is 1.24 bits per heavy atom. The average molecular weight is 337 g/mol. The fourth-order valence-corrected chi connectivity index (χ4v) is 3.41. The highest BCUT2D eigenvalue weighted by atomic mass is 16.5. The van der Waals surface area contributed by atoms with Gasteiger partial charge in [0.15, 0.2) is 0 Å². The van der Waals surface area contributed by atoms with Crippen LogP contribution < -0.4 is 10.1 Å². The number of nitrogens with one attached hydrogen (secondary N) is 1. The van der Waals surface area contributed by atoms with Gasteiger partial charge in [-0.25, -0.2) is 15.0 Å². The molecule has 1 aliphatic carbocycles. The number of carbonyl (C=O) groups excluding carboxylic acids is 1. The summed E-state index contributed by atoms with van der Waals surface area (Å²) in [5.74, 6) is 0.593. The van der Waals surface area contributed by atoms with Crippen LogP contribution in [0.2, 0.25) is 0 Å². The van der Waals surface area contributed by atoms with E-state index >= 15 is 0 Å². The summed E-state index contributed by atoms with van der Waals surface area (Å²) < 4.78 is 7.21. The first-order valence-corrected chi connectivity index (χ1v) is 8.40. The SMILES string of the molecule is COc1cc(C(=O)Nc2nc3ccccc3n2C2CCCC2)ncn1. The van der Waals surface area contributed by atoms with Crippen LogP contribution in [0, 0.1) is 0 Å². The number of ether oxygens (including phenoxy) is 1. The molecule has 0 atom stereocenters. The topological polar surface area (TPSA) is 81.9 Å². The van der Waals surface area contributed by atoms with Crippen molar-refractivity contribution in [2.24, 2.45) is 0 Å². The van der Waals surface area contributed by atoms with Gasteiger partial charge in [-0.2, -0.15) is 0 Å². The number of para-hydroxylation sites is 2. The van der Waals surface area contributed by atoms with Gasteiger partial charge in [0, 0.05) is 12.1 Å². The van der Waals surface area contributed by atoms with Crippen LogP contribution in [0.4, 0.5) is 5.95 Å². The number of amides is 1. The van der Waals surface area contributed by atoms with E-state index in [-0.39, 0.29) is 11.6 Å². The number of anilines is 1. The molecule has 2 heterocycles. The lowest BCUT2D eigenvalue weighted by Crippen LogP contribution is -2.19. The molecule has 128 valence electrons. The molecule has 0 spiro atoms. The van der Waals surface area contributed by atoms with Gasteiger partial charge in [-0.05, 0) is 25.0 Å². The monoisotopic (exact) mass is 337 g/mol. The Bertz CT molecular complexity index is 915. The van der Waals surface area contributed by atoms with Crippen molar-refractivity contribution >= 4 is 22.9 Å². The van der Waals surface area contributed by atoms with Crippen molar-refractivity contribution in [3.05, 3.63) is 42.4 Å².